The van der Waals surface area contributed by atoms with Crippen LogP contribution < -0.4 is 10.2 Å². The molecule has 1 saturated heterocycles. The summed E-state index contributed by atoms with van der Waals surface area (Å²) < 4.78 is 43.7. The maximum absolute atomic E-state index is 14.9. The van der Waals surface area contributed by atoms with Gasteiger partial charge in [-0.1, -0.05) is 17.7 Å². The van der Waals surface area contributed by atoms with Crippen molar-refractivity contribution >= 4 is 35.1 Å². The van der Waals surface area contributed by atoms with Crippen LogP contribution in [0.5, 0.6) is 0 Å². The fraction of sp³-hybridized carbons (Fsp3) is 0.296. The molecule has 2 N–H and O–H groups in total. The summed E-state index contributed by atoms with van der Waals surface area (Å²) in [6.07, 6.45) is 4.42. The molecule has 1 aliphatic carbocycles. The maximum atomic E-state index is 14.9. The van der Waals surface area contributed by atoms with E-state index in [1.165, 1.54) is 29.5 Å². The average Bonchev–Trinajstić information content (AvgIpc) is 3.48. The van der Waals surface area contributed by atoms with Gasteiger partial charge in [-0.05, 0) is 25.3 Å². The lowest BCUT2D eigenvalue weighted by Crippen LogP contribution is -2.30. The summed E-state index contributed by atoms with van der Waals surface area (Å²) in [6.45, 7) is 1.94. The molecule has 2 aliphatic rings. The Morgan fingerprint density at radius 2 is 1.98 bits per heavy atom. The lowest BCUT2D eigenvalue weighted by Gasteiger charge is -2.20. The number of carbonyl (C=O) groups excluding carboxylic acids is 2. The number of alkyl halides is 2. The van der Waals surface area contributed by atoms with E-state index >= 15 is 0 Å². The molecule has 1 aliphatic heterocycles. The minimum Gasteiger partial charge on any atom is -0.394 e. The van der Waals surface area contributed by atoms with Gasteiger partial charge in [-0.2, -0.15) is 5.10 Å². The molecule has 1 saturated carbocycles. The molecular formula is C27H22ClF3N8O3. The third-order valence-corrected chi connectivity index (χ3v) is 7.68. The lowest BCUT2D eigenvalue weighted by molar-refractivity contribution is -0.118. The summed E-state index contributed by atoms with van der Waals surface area (Å²) in [7, 11) is 0. The first-order valence-corrected chi connectivity index (χ1v) is 13.2. The first-order valence-electron chi connectivity index (χ1n) is 12.9. The van der Waals surface area contributed by atoms with Crippen molar-refractivity contribution in [3.63, 3.8) is 0 Å². The van der Waals surface area contributed by atoms with E-state index in [0.717, 1.165) is 24.8 Å². The van der Waals surface area contributed by atoms with Gasteiger partial charge < -0.3 is 10.4 Å². The average molecular weight is 599 g/mol. The van der Waals surface area contributed by atoms with Gasteiger partial charge in [-0.15, -0.1) is 0 Å². The van der Waals surface area contributed by atoms with Gasteiger partial charge in [0, 0.05) is 59.6 Å². The summed E-state index contributed by atoms with van der Waals surface area (Å²) >= 11 is 5.84. The number of nitrogens with zero attached hydrogens (tertiary/aromatic N) is 7. The molecule has 11 nitrogen and oxygen atoms in total. The van der Waals surface area contributed by atoms with Crippen LogP contribution in [0.15, 0.2) is 43.1 Å². The minimum absolute atomic E-state index is 0.0214. The first kappa shape index (κ1) is 27.7. The minimum atomic E-state index is -3.07. The second kappa shape index (κ2) is 10.8. The van der Waals surface area contributed by atoms with Gasteiger partial charge in [-0.3, -0.25) is 24.2 Å². The lowest BCUT2D eigenvalue weighted by atomic mass is 10.0. The van der Waals surface area contributed by atoms with Crippen molar-refractivity contribution in [3.8, 4) is 11.3 Å². The number of rotatable bonds is 8. The molecule has 15 heteroatoms. The zero-order valence-corrected chi connectivity index (χ0v) is 22.6. The number of hydrogen-bond acceptors (Lipinski definition) is 8. The fourth-order valence-electron chi connectivity index (χ4n) is 5.14. The van der Waals surface area contributed by atoms with E-state index in [4.69, 9.17) is 11.6 Å². The number of aromatic nitrogens is 6. The molecule has 4 heterocycles. The number of nitrogens with one attached hydrogen (secondary N) is 1. The summed E-state index contributed by atoms with van der Waals surface area (Å²) in [4.78, 5) is 43.9. The molecule has 0 unspecified atom stereocenters. The number of aliphatic hydroxyl groups is 1. The van der Waals surface area contributed by atoms with Gasteiger partial charge in [-0.25, -0.2) is 28.1 Å². The smallest absolute Gasteiger partial charge is 0.276 e. The standard InChI is InChI=1S/C27H22ClF3N8O3/c1-12-17(8-34-27(36-12)38-9-13-6-16(13)26(38)42)19(11-40)39-10-14(7-35-39)37-25(41)23-22(32-4-5-33-23)20-15(24(30)31)2-3-18(28)21(20)29/h2-5,7-8,10,13,16,19,24,40H,6,9,11H2,1H3,(H,37,41)/t13-,16-,19+/m0/s1. The van der Waals surface area contributed by atoms with Crippen LogP contribution in [0, 0.1) is 24.6 Å². The molecule has 0 radical (unpaired) electrons. The van der Waals surface area contributed by atoms with Gasteiger partial charge in [0.2, 0.25) is 11.9 Å². The molecule has 1 aromatic carbocycles. The monoisotopic (exact) mass is 598 g/mol. The highest BCUT2D eigenvalue weighted by atomic mass is 35.5. The van der Waals surface area contributed by atoms with Crippen LogP contribution >= 0.6 is 11.6 Å². The Labute approximate surface area is 241 Å². The van der Waals surface area contributed by atoms with Crippen molar-refractivity contribution in [3.05, 3.63) is 76.5 Å². The number of aliphatic hydroxyl groups excluding tert-OH is 1. The third kappa shape index (κ3) is 4.86. The van der Waals surface area contributed by atoms with Crippen molar-refractivity contribution in [2.75, 3.05) is 23.4 Å². The van der Waals surface area contributed by atoms with E-state index in [0.29, 0.717) is 29.7 Å². The normalized spacial score (nSPS) is 18.4. The molecule has 3 atom stereocenters. The Hall–Kier alpha value is -4.43. The zero-order chi connectivity index (χ0) is 29.7. The number of hydrogen-bond donors (Lipinski definition) is 2. The molecule has 2 fully saturated rings. The molecule has 3 aromatic heterocycles. The van der Waals surface area contributed by atoms with Crippen molar-refractivity contribution in [2.45, 2.75) is 25.8 Å². The summed E-state index contributed by atoms with van der Waals surface area (Å²) in [5, 5.41) is 16.5. The molecule has 42 heavy (non-hydrogen) atoms. The number of amides is 2. The predicted octanol–water partition coefficient (Wildman–Crippen LogP) is 3.99. The highest BCUT2D eigenvalue weighted by molar-refractivity contribution is 6.31. The molecule has 2 amide bonds. The van der Waals surface area contributed by atoms with Crippen LogP contribution in [0.3, 0.4) is 0 Å². The maximum Gasteiger partial charge on any atom is 0.276 e. The second-order valence-electron chi connectivity index (χ2n) is 10.0. The highest BCUT2D eigenvalue weighted by Gasteiger charge is 2.53. The highest BCUT2D eigenvalue weighted by Crippen LogP contribution is 2.46. The third-order valence-electron chi connectivity index (χ3n) is 7.39. The number of fused-ring (bicyclic) bond motifs is 1. The molecule has 0 bridgehead atoms. The molecule has 0 spiro atoms. The summed E-state index contributed by atoms with van der Waals surface area (Å²) in [6, 6.07) is 1.23. The van der Waals surface area contributed by atoms with Gasteiger partial charge in [0.05, 0.1) is 23.5 Å². The number of halogens is 4. The van der Waals surface area contributed by atoms with Gasteiger partial charge >= 0.3 is 0 Å². The van der Waals surface area contributed by atoms with E-state index in [9.17, 15) is 27.9 Å². The van der Waals surface area contributed by atoms with Crippen LogP contribution in [-0.2, 0) is 4.79 Å². The number of benzene rings is 1. The largest absolute Gasteiger partial charge is 0.394 e. The Morgan fingerprint density at radius 1 is 1.19 bits per heavy atom. The number of piperidine rings is 1. The molecular weight excluding hydrogens is 577 g/mol. The zero-order valence-electron chi connectivity index (χ0n) is 21.9. The van der Waals surface area contributed by atoms with Crippen molar-refractivity contribution in [2.24, 2.45) is 11.8 Å². The Kier molecular flexibility index (Phi) is 7.10. The molecule has 6 rings (SSSR count). The predicted molar refractivity (Wildman–Crippen MR) is 144 cm³/mol. The second-order valence-corrected chi connectivity index (χ2v) is 10.4. The van der Waals surface area contributed by atoms with Gasteiger partial charge in [0.1, 0.15) is 11.7 Å². The van der Waals surface area contributed by atoms with E-state index in [2.05, 4.69) is 30.4 Å². The van der Waals surface area contributed by atoms with Crippen molar-refractivity contribution in [1.29, 1.82) is 0 Å². The van der Waals surface area contributed by atoms with E-state index in [1.807, 2.05) is 0 Å². The van der Waals surface area contributed by atoms with Crippen molar-refractivity contribution in [1.82, 2.24) is 29.7 Å². The van der Waals surface area contributed by atoms with E-state index < -0.39 is 51.7 Å². The fourth-order valence-corrected chi connectivity index (χ4v) is 5.30. The summed E-state index contributed by atoms with van der Waals surface area (Å²) in [5.74, 6) is -1.27. The SMILES string of the molecule is Cc1nc(N2C[C@@H]3C[C@@H]3C2=O)ncc1[C@@H](CO)n1cc(NC(=O)c2nccnc2-c2c(C(F)F)ccc(Cl)c2F)cn1. The molecule has 4 aromatic rings. The van der Waals surface area contributed by atoms with Crippen LogP contribution in [0.4, 0.5) is 24.8 Å². The number of aryl methyl sites for hydroxylation is 1. The van der Waals surface area contributed by atoms with Gasteiger partial charge in [0.15, 0.2) is 11.5 Å². The first-order chi connectivity index (χ1) is 20.2. The van der Waals surface area contributed by atoms with E-state index in [1.54, 1.807) is 11.8 Å². The van der Waals surface area contributed by atoms with Crippen LogP contribution in [0.1, 0.15) is 46.2 Å². The Balaban J connectivity index is 1.24. The summed E-state index contributed by atoms with van der Waals surface area (Å²) in [5.41, 5.74) is -0.887. The Morgan fingerprint density at radius 3 is 2.67 bits per heavy atom. The molecule has 216 valence electrons. The van der Waals surface area contributed by atoms with Crippen molar-refractivity contribution < 1.29 is 27.9 Å². The van der Waals surface area contributed by atoms with Gasteiger partial charge in [0.25, 0.3) is 12.3 Å². The van der Waals surface area contributed by atoms with Crippen LogP contribution in [0.25, 0.3) is 11.3 Å². The number of carbonyl (C=O) groups is 2. The quantitative estimate of drug-likeness (QED) is 0.310. The number of anilines is 2. The van der Waals surface area contributed by atoms with Crippen LogP contribution in [-0.4, -0.2) is 59.8 Å². The van der Waals surface area contributed by atoms with E-state index in [-0.39, 0.29) is 24.1 Å². The topological polar surface area (TPSA) is 139 Å². The Bertz CT molecular complexity index is 1720. The van der Waals surface area contributed by atoms with Crippen LogP contribution in [0.2, 0.25) is 5.02 Å².